The Morgan fingerprint density at radius 1 is 1.12 bits per heavy atom. The van der Waals surface area contributed by atoms with E-state index >= 15 is 0 Å². The van der Waals surface area contributed by atoms with Gasteiger partial charge in [0.25, 0.3) is 11.1 Å². The molecule has 1 aromatic heterocycles. The third-order valence-electron chi connectivity index (χ3n) is 2.54. The summed E-state index contributed by atoms with van der Waals surface area (Å²) in [5.74, 6) is 0. The molecule has 0 N–H and O–H groups in total. The molecule has 5 heteroatoms. The summed E-state index contributed by atoms with van der Waals surface area (Å²) < 4.78 is 2.89. The van der Waals surface area contributed by atoms with Crippen molar-refractivity contribution in [1.82, 2.24) is 9.36 Å². The van der Waals surface area contributed by atoms with Gasteiger partial charge >= 0.3 is 0 Å². The average molecular weight is 295 g/mol. The van der Waals surface area contributed by atoms with Gasteiger partial charge in [0.2, 0.25) is 0 Å². The molecule has 17 heavy (non-hydrogen) atoms. The van der Waals surface area contributed by atoms with Gasteiger partial charge in [-0.25, -0.2) is 9.36 Å². The van der Waals surface area contributed by atoms with Crippen molar-refractivity contribution in [3.8, 4) is 5.69 Å². The predicted molar refractivity (Wildman–Crippen MR) is 69.7 cm³/mol. The Hall–Kier alpha value is -1.62. The number of aryl methyl sites for hydroxylation is 1. The van der Waals surface area contributed by atoms with E-state index in [9.17, 15) is 9.59 Å². The number of halogens is 1. The zero-order valence-electron chi connectivity index (χ0n) is 9.48. The molecule has 0 saturated carbocycles. The summed E-state index contributed by atoms with van der Waals surface area (Å²) in [4.78, 5) is 23.6. The second kappa shape index (κ2) is 4.33. The van der Waals surface area contributed by atoms with E-state index < -0.39 is 0 Å². The van der Waals surface area contributed by atoms with Gasteiger partial charge in [-0.1, -0.05) is 17.7 Å². The molecule has 2 rings (SSSR count). The van der Waals surface area contributed by atoms with Crippen LogP contribution in [0.15, 0.2) is 44.4 Å². The van der Waals surface area contributed by atoms with E-state index in [4.69, 9.17) is 0 Å². The number of hydrogen-bond acceptors (Lipinski definition) is 2. The lowest BCUT2D eigenvalue weighted by atomic mass is 10.2. The molecule has 0 atom stereocenters. The molecule has 0 aliphatic heterocycles. The van der Waals surface area contributed by atoms with Gasteiger partial charge in [-0.05, 0) is 35.0 Å². The lowest BCUT2D eigenvalue weighted by Gasteiger charge is -2.11. The Labute approximate surface area is 106 Å². The predicted octanol–water partition coefficient (Wildman–Crippen LogP) is 1.61. The van der Waals surface area contributed by atoms with E-state index in [0.717, 1.165) is 5.56 Å². The van der Waals surface area contributed by atoms with Crippen LogP contribution in [-0.4, -0.2) is 9.36 Å². The topological polar surface area (TPSA) is 44.0 Å². The molecule has 0 bridgehead atoms. The van der Waals surface area contributed by atoms with Gasteiger partial charge in [-0.2, -0.15) is 0 Å². The maximum absolute atomic E-state index is 12.0. The molecule has 1 aromatic carbocycles. The van der Waals surface area contributed by atoms with Crippen molar-refractivity contribution in [2.45, 2.75) is 6.92 Å². The summed E-state index contributed by atoms with van der Waals surface area (Å²) in [5, 5.41) is 0. The van der Waals surface area contributed by atoms with Gasteiger partial charge in [0.05, 0.1) is 10.2 Å². The summed E-state index contributed by atoms with van der Waals surface area (Å²) in [7, 11) is 1.57. The molecule has 0 spiro atoms. The Morgan fingerprint density at radius 2 is 1.71 bits per heavy atom. The lowest BCUT2D eigenvalue weighted by Crippen LogP contribution is -2.35. The maximum atomic E-state index is 12.0. The minimum Gasteiger partial charge on any atom is -0.268 e. The van der Waals surface area contributed by atoms with Crippen molar-refractivity contribution >= 4 is 15.9 Å². The standard InChI is InChI=1S/C12H11BrN2O2/c1-8-3-5-9(6-4-8)15-12(17)10(13)7-11(16)14(15)2/h3-7H,1-2H3. The van der Waals surface area contributed by atoms with Crippen LogP contribution in [0.3, 0.4) is 0 Å². The van der Waals surface area contributed by atoms with Crippen LogP contribution in [0.25, 0.3) is 5.69 Å². The van der Waals surface area contributed by atoms with Gasteiger partial charge in [0, 0.05) is 13.1 Å². The van der Waals surface area contributed by atoms with Crippen molar-refractivity contribution < 1.29 is 0 Å². The average Bonchev–Trinajstić information content (AvgIpc) is 2.29. The van der Waals surface area contributed by atoms with E-state index in [-0.39, 0.29) is 15.6 Å². The molecule has 0 aliphatic rings. The van der Waals surface area contributed by atoms with Crippen molar-refractivity contribution in [3.05, 3.63) is 61.1 Å². The van der Waals surface area contributed by atoms with Crippen molar-refractivity contribution in [1.29, 1.82) is 0 Å². The Bertz CT molecular complexity index is 668. The highest BCUT2D eigenvalue weighted by molar-refractivity contribution is 9.10. The molecule has 0 amide bonds. The fraction of sp³-hybridized carbons (Fsp3) is 0.167. The molecule has 2 aromatic rings. The molecule has 0 fully saturated rings. The number of nitrogens with zero attached hydrogens (tertiary/aromatic N) is 2. The molecule has 1 heterocycles. The molecule has 4 nitrogen and oxygen atoms in total. The van der Waals surface area contributed by atoms with Gasteiger partial charge in [-0.15, -0.1) is 0 Å². The van der Waals surface area contributed by atoms with E-state index in [2.05, 4.69) is 15.9 Å². The van der Waals surface area contributed by atoms with E-state index in [0.29, 0.717) is 5.69 Å². The second-order valence-electron chi connectivity index (χ2n) is 3.81. The molecule has 88 valence electrons. The molecule has 0 aliphatic carbocycles. The largest absolute Gasteiger partial charge is 0.284 e. The maximum Gasteiger partial charge on any atom is 0.284 e. The second-order valence-corrected chi connectivity index (χ2v) is 4.66. The normalized spacial score (nSPS) is 10.5. The first-order chi connectivity index (χ1) is 8.00. The highest BCUT2D eigenvalue weighted by atomic mass is 79.9. The Kier molecular flexibility index (Phi) is 3.02. The van der Waals surface area contributed by atoms with Crippen LogP contribution in [0.1, 0.15) is 5.56 Å². The van der Waals surface area contributed by atoms with Gasteiger partial charge in [0.15, 0.2) is 0 Å². The van der Waals surface area contributed by atoms with Gasteiger partial charge < -0.3 is 0 Å². The lowest BCUT2D eigenvalue weighted by molar-refractivity contribution is 0.590. The minimum atomic E-state index is -0.254. The van der Waals surface area contributed by atoms with E-state index in [1.165, 1.54) is 15.4 Å². The van der Waals surface area contributed by atoms with Crippen molar-refractivity contribution in [3.63, 3.8) is 0 Å². The summed E-state index contributed by atoms with van der Waals surface area (Å²) in [6.07, 6.45) is 0. The SMILES string of the molecule is Cc1ccc(-n2c(=O)c(Br)cc(=O)n2C)cc1. The van der Waals surface area contributed by atoms with Crippen molar-refractivity contribution in [2.75, 3.05) is 0 Å². The van der Waals surface area contributed by atoms with Crippen LogP contribution in [-0.2, 0) is 7.05 Å². The van der Waals surface area contributed by atoms with Crippen LogP contribution < -0.4 is 11.1 Å². The number of benzene rings is 1. The van der Waals surface area contributed by atoms with E-state index in [1.54, 1.807) is 7.05 Å². The Morgan fingerprint density at radius 3 is 2.29 bits per heavy atom. The summed E-state index contributed by atoms with van der Waals surface area (Å²) in [6, 6.07) is 8.68. The van der Waals surface area contributed by atoms with Crippen molar-refractivity contribution in [2.24, 2.45) is 7.05 Å². The third-order valence-corrected chi connectivity index (χ3v) is 3.11. The van der Waals surface area contributed by atoms with Crippen LogP contribution in [0.2, 0.25) is 0 Å². The minimum absolute atomic E-state index is 0.239. The fourth-order valence-electron chi connectivity index (χ4n) is 1.58. The molecule has 0 unspecified atom stereocenters. The van der Waals surface area contributed by atoms with Crippen LogP contribution in [0.4, 0.5) is 0 Å². The Balaban J connectivity index is 2.79. The quantitative estimate of drug-likeness (QED) is 0.802. The highest BCUT2D eigenvalue weighted by Crippen LogP contribution is 2.07. The molecular weight excluding hydrogens is 284 g/mol. The molecule has 0 radical (unpaired) electrons. The van der Waals surface area contributed by atoms with Gasteiger partial charge in [-0.3, -0.25) is 9.59 Å². The number of rotatable bonds is 1. The zero-order valence-corrected chi connectivity index (χ0v) is 11.1. The summed E-state index contributed by atoms with van der Waals surface area (Å²) in [6.45, 7) is 1.96. The number of aromatic nitrogens is 2. The smallest absolute Gasteiger partial charge is 0.268 e. The first-order valence-electron chi connectivity index (χ1n) is 5.06. The first kappa shape index (κ1) is 11.9. The van der Waals surface area contributed by atoms with E-state index in [1.807, 2.05) is 31.2 Å². The van der Waals surface area contributed by atoms with Crippen LogP contribution in [0, 0.1) is 6.92 Å². The van der Waals surface area contributed by atoms with Crippen LogP contribution >= 0.6 is 15.9 Å². The first-order valence-corrected chi connectivity index (χ1v) is 5.86. The third kappa shape index (κ3) is 2.10. The molecule has 0 saturated heterocycles. The summed E-state index contributed by atoms with van der Waals surface area (Å²) in [5.41, 5.74) is 1.27. The highest BCUT2D eigenvalue weighted by Gasteiger charge is 2.08. The van der Waals surface area contributed by atoms with Gasteiger partial charge in [0.1, 0.15) is 0 Å². The molecular formula is C12H11BrN2O2. The van der Waals surface area contributed by atoms with Crippen LogP contribution in [0.5, 0.6) is 0 Å². The fourth-order valence-corrected chi connectivity index (χ4v) is 1.94. The number of hydrogen-bond donors (Lipinski definition) is 0. The monoisotopic (exact) mass is 294 g/mol. The summed E-state index contributed by atoms with van der Waals surface area (Å²) >= 11 is 3.10. The zero-order chi connectivity index (χ0) is 12.6.